The van der Waals surface area contributed by atoms with Crippen LogP contribution < -0.4 is 10.5 Å². The molecule has 0 amide bonds. The summed E-state index contributed by atoms with van der Waals surface area (Å²) in [4.78, 5) is 2.32. The zero-order valence-electron chi connectivity index (χ0n) is 13.0. The molecule has 1 aromatic heterocycles. The Hall–Kier alpha value is -1.78. The molecule has 2 unspecified atom stereocenters. The third-order valence-electron chi connectivity index (χ3n) is 3.67. The van der Waals surface area contributed by atoms with E-state index in [1.54, 1.807) is 13.4 Å². The van der Waals surface area contributed by atoms with E-state index in [-0.39, 0.29) is 12.1 Å². The van der Waals surface area contributed by atoms with Crippen LogP contribution in [0.2, 0.25) is 0 Å². The van der Waals surface area contributed by atoms with Gasteiger partial charge < -0.3 is 14.9 Å². The van der Waals surface area contributed by atoms with Gasteiger partial charge in [-0.25, -0.2) is 0 Å². The van der Waals surface area contributed by atoms with E-state index in [1.165, 1.54) is 0 Å². The van der Waals surface area contributed by atoms with Crippen molar-refractivity contribution in [3.8, 4) is 5.75 Å². The summed E-state index contributed by atoms with van der Waals surface area (Å²) in [6.07, 6.45) is 1.70. The van der Waals surface area contributed by atoms with E-state index < -0.39 is 0 Å². The highest BCUT2D eigenvalue weighted by Crippen LogP contribution is 2.28. The molecule has 21 heavy (non-hydrogen) atoms. The number of methoxy groups -OCH3 is 1. The van der Waals surface area contributed by atoms with Crippen molar-refractivity contribution in [2.75, 3.05) is 13.7 Å². The summed E-state index contributed by atoms with van der Waals surface area (Å²) in [5.41, 5.74) is 7.42. The van der Waals surface area contributed by atoms with Gasteiger partial charge in [-0.2, -0.15) is 0 Å². The molecule has 4 heteroatoms. The Morgan fingerprint density at radius 3 is 2.67 bits per heavy atom. The first-order valence-electron chi connectivity index (χ1n) is 7.31. The molecule has 2 rings (SSSR count). The maximum absolute atomic E-state index is 6.25. The number of nitrogens with two attached hydrogens (primary N) is 1. The van der Waals surface area contributed by atoms with Crippen LogP contribution >= 0.6 is 0 Å². The third-order valence-corrected chi connectivity index (χ3v) is 3.67. The number of furan rings is 1. The molecule has 4 nitrogen and oxygen atoms in total. The topological polar surface area (TPSA) is 51.6 Å². The van der Waals surface area contributed by atoms with E-state index >= 15 is 0 Å². The van der Waals surface area contributed by atoms with Gasteiger partial charge in [0.1, 0.15) is 11.5 Å². The lowest BCUT2D eigenvalue weighted by molar-refractivity contribution is 0.164. The number of benzene rings is 1. The second kappa shape index (κ2) is 7.29. The normalized spacial score (nSPS) is 14.1. The van der Waals surface area contributed by atoms with E-state index in [9.17, 15) is 0 Å². The summed E-state index contributed by atoms with van der Waals surface area (Å²) < 4.78 is 10.8. The summed E-state index contributed by atoms with van der Waals surface area (Å²) in [7, 11) is 1.68. The molecule has 0 saturated carbocycles. The Labute approximate surface area is 126 Å². The number of ether oxygens (including phenoxy) is 1. The van der Waals surface area contributed by atoms with Crippen LogP contribution in [0, 0.1) is 0 Å². The molecular weight excluding hydrogens is 264 g/mol. The van der Waals surface area contributed by atoms with Gasteiger partial charge in [-0.05, 0) is 43.3 Å². The largest absolute Gasteiger partial charge is 0.497 e. The molecule has 0 bridgehead atoms. The lowest BCUT2D eigenvalue weighted by Crippen LogP contribution is -2.39. The average Bonchev–Trinajstić information content (AvgIpc) is 2.99. The molecule has 0 aliphatic rings. The zero-order chi connectivity index (χ0) is 15.2. The van der Waals surface area contributed by atoms with Crippen molar-refractivity contribution in [2.24, 2.45) is 5.73 Å². The Morgan fingerprint density at radius 1 is 1.29 bits per heavy atom. The molecule has 0 fully saturated rings. The van der Waals surface area contributed by atoms with E-state index in [1.807, 2.05) is 31.2 Å². The van der Waals surface area contributed by atoms with Gasteiger partial charge in [0.25, 0.3) is 0 Å². The summed E-state index contributed by atoms with van der Waals surface area (Å²) >= 11 is 0. The number of hydrogen-bond acceptors (Lipinski definition) is 4. The Morgan fingerprint density at radius 2 is 2.10 bits per heavy atom. The predicted molar refractivity (Wildman–Crippen MR) is 84.2 cm³/mol. The fourth-order valence-corrected chi connectivity index (χ4v) is 2.68. The lowest BCUT2D eigenvalue weighted by Gasteiger charge is -2.33. The molecule has 0 saturated heterocycles. The molecular formula is C17H24N2O2. The van der Waals surface area contributed by atoms with Gasteiger partial charge in [0, 0.05) is 6.04 Å². The van der Waals surface area contributed by atoms with Crippen LogP contribution in [-0.4, -0.2) is 24.6 Å². The van der Waals surface area contributed by atoms with Crippen LogP contribution in [0.3, 0.4) is 0 Å². The first-order chi connectivity index (χ1) is 10.2. The van der Waals surface area contributed by atoms with E-state index in [2.05, 4.69) is 24.0 Å². The van der Waals surface area contributed by atoms with Crippen LogP contribution in [0.5, 0.6) is 5.75 Å². The van der Waals surface area contributed by atoms with Gasteiger partial charge in [-0.15, -0.1) is 0 Å². The molecule has 1 heterocycles. The molecule has 2 N–H and O–H groups in total. The van der Waals surface area contributed by atoms with Crippen molar-refractivity contribution in [1.82, 2.24) is 4.90 Å². The second-order valence-corrected chi connectivity index (χ2v) is 5.22. The smallest absolute Gasteiger partial charge is 0.119 e. The zero-order valence-corrected chi connectivity index (χ0v) is 13.0. The maximum Gasteiger partial charge on any atom is 0.119 e. The number of likely N-dealkylation sites (N-methyl/N-ethyl adjacent to an activating group) is 1. The third kappa shape index (κ3) is 3.86. The SMILES string of the molecule is CCN(Cc1ccco1)C(c1cccc(OC)c1)C(C)N. The van der Waals surface area contributed by atoms with Gasteiger partial charge >= 0.3 is 0 Å². The highest BCUT2D eigenvalue weighted by Gasteiger charge is 2.24. The van der Waals surface area contributed by atoms with Crippen molar-refractivity contribution in [3.63, 3.8) is 0 Å². The van der Waals surface area contributed by atoms with E-state index in [0.29, 0.717) is 0 Å². The molecule has 2 atom stereocenters. The average molecular weight is 288 g/mol. The second-order valence-electron chi connectivity index (χ2n) is 5.22. The number of nitrogens with zero attached hydrogens (tertiary/aromatic N) is 1. The van der Waals surface area contributed by atoms with Crippen molar-refractivity contribution < 1.29 is 9.15 Å². The fourth-order valence-electron chi connectivity index (χ4n) is 2.68. The first-order valence-corrected chi connectivity index (χ1v) is 7.31. The van der Waals surface area contributed by atoms with E-state index in [0.717, 1.165) is 30.2 Å². The van der Waals surface area contributed by atoms with Crippen molar-refractivity contribution in [3.05, 3.63) is 54.0 Å². The quantitative estimate of drug-likeness (QED) is 0.850. The molecule has 0 aliphatic carbocycles. The molecule has 114 valence electrons. The minimum atomic E-state index is 0.00650. The highest BCUT2D eigenvalue weighted by molar-refractivity contribution is 5.31. The van der Waals surface area contributed by atoms with Crippen molar-refractivity contribution in [2.45, 2.75) is 32.5 Å². The summed E-state index contributed by atoms with van der Waals surface area (Å²) in [5, 5.41) is 0. The number of rotatable bonds is 7. The molecule has 0 aliphatic heterocycles. The predicted octanol–water partition coefficient (Wildman–Crippen LogP) is 3.20. The van der Waals surface area contributed by atoms with Crippen molar-refractivity contribution >= 4 is 0 Å². The van der Waals surface area contributed by atoms with E-state index in [4.69, 9.17) is 14.9 Å². The standard InChI is InChI=1S/C17H24N2O2/c1-4-19(12-16-9-6-10-21-16)17(13(2)18)14-7-5-8-15(11-14)20-3/h5-11,13,17H,4,12,18H2,1-3H3. The minimum absolute atomic E-state index is 0.00650. The molecule has 2 aromatic rings. The van der Waals surface area contributed by atoms with Gasteiger partial charge in [0.05, 0.1) is 26.0 Å². The Balaban J connectivity index is 2.27. The minimum Gasteiger partial charge on any atom is -0.497 e. The van der Waals surface area contributed by atoms with Gasteiger partial charge in [0.2, 0.25) is 0 Å². The van der Waals surface area contributed by atoms with Crippen LogP contribution in [0.15, 0.2) is 47.1 Å². The molecule has 0 radical (unpaired) electrons. The van der Waals surface area contributed by atoms with Gasteiger partial charge in [-0.3, -0.25) is 4.90 Å². The number of hydrogen-bond donors (Lipinski definition) is 1. The summed E-state index contributed by atoms with van der Waals surface area (Å²) in [5.74, 6) is 1.80. The monoisotopic (exact) mass is 288 g/mol. The van der Waals surface area contributed by atoms with Crippen LogP contribution in [0.4, 0.5) is 0 Å². The van der Waals surface area contributed by atoms with Crippen molar-refractivity contribution in [1.29, 1.82) is 0 Å². The van der Waals surface area contributed by atoms with Gasteiger partial charge in [0.15, 0.2) is 0 Å². The highest BCUT2D eigenvalue weighted by atomic mass is 16.5. The Kier molecular flexibility index (Phi) is 5.42. The van der Waals surface area contributed by atoms with Crippen LogP contribution in [0.1, 0.15) is 31.2 Å². The lowest BCUT2D eigenvalue weighted by atomic mass is 9.98. The van der Waals surface area contributed by atoms with Crippen LogP contribution in [0.25, 0.3) is 0 Å². The Bertz CT molecular complexity index is 537. The summed E-state index contributed by atoms with van der Waals surface area (Å²) in [6, 6.07) is 12.1. The maximum atomic E-state index is 6.25. The summed E-state index contributed by atoms with van der Waals surface area (Å²) in [6.45, 7) is 5.81. The fraction of sp³-hybridized carbons (Fsp3) is 0.412. The molecule has 1 aromatic carbocycles. The molecule has 0 spiro atoms. The van der Waals surface area contributed by atoms with Crippen LogP contribution in [-0.2, 0) is 6.54 Å². The van der Waals surface area contributed by atoms with Gasteiger partial charge in [-0.1, -0.05) is 19.1 Å². The first kappa shape index (κ1) is 15.6.